The van der Waals surface area contributed by atoms with Gasteiger partial charge in [0.1, 0.15) is 0 Å². The summed E-state index contributed by atoms with van der Waals surface area (Å²) in [6.45, 7) is 3.34. The van der Waals surface area contributed by atoms with Crippen molar-refractivity contribution in [2.75, 3.05) is 18.0 Å². The van der Waals surface area contributed by atoms with Crippen LogP contribution in [0.2, 0.25) is 0 Å². The van der Waals surface area contributed by atoms with E-state index in [-0.39, 0.29) is 12.2 Å². The van der Waals surface area contributed by atoms with E-state index in [1.54, 1.807) is 6.92 Å². The first-order valence-electron chi connectivity index (χ1n) is 7.34. The van der Waals surface area contributed by atoms with Gasteiger partial charge in [0, 0.05) is 25.9 Å². The Morgan fingerprint density at radius 1 is 1.27 bits per heavy atom. The third-order valence-corrected chi connectivity index (χ3v) is 4.17. The summed E-state index contributed by atoms with van der Waals surface area (Å²) in [4.78, 5) is 10.1. The predicted octanol–water partition coefficient (Wildman–Crippen LogP) is 1.14. The van der Waals surface area contributed by atoms with Crippen LogP contribution >= 0.6 is 0 Å². The summed E-state index contributed by atoms with van der Waals surface area (Å²) in [5.41, 5.74) is 0. The molecule has 7 nitrogen and oxygen atoms in total. The maximum Gasteiger partial charge on any atom is 0.225 e. The van der Waals surface area contributed by atoms with Gasteiger partial charge in [-0.2, -0.15) is 0 Å². The monoisotopic (exact) mass is 305 g/mol. The van der Waals surface area contributed by atoms with Crippen LogP contribution in [-0.2, 0) is 11.2 Å². The minimum Gasteiger partial charge on any atom is -0.426 e. The van der Waals surface area contributed by atoms with Gasteiger partial charge in [0.05, 0.1) is 31.0 Å². The molecule has 0 bridgehead atoms. The van der Waals surface area contributed by atoms with Gasteiger partial charge in [0.2, 0.25) is 17.7 Å². The molecule has 2 aliphatic heterocycles. The molecule has 0 unspecified atom stereocenters. The fraction of sp³-hybridized carbons (Fsp3) is 0.571. The third kappa shape index (κ3) is 2.54. The molecule has 0 saturated carbocycles. The molecule has 0 spiro atoms. The molecular formula is C14H16FN5O2. The number of aryl methyl sites for hydroxylation is 1. The molecule has 4 rings (SSSR count). The zero-order valence-electron chi connectivity index (χ0n) is 12.1. The Balaban J connectivity index is 1.37. The fourth-order valence-corrected chi connectivity index (χ4v) is 3.24. The number of aromatic nitrogens is 4. The topological polar surface area (TPSA) is 77.2 Å². The van der Waals surface area contributed by atoms with Gasteiger partial charge >= 0.3 is 0 Å². The average Bonchev–Trinajstić information content (AvgIpc) is 3.15. The first kappa shape index (κ1) is 13.6. The Hall–Kier alpha value is -2.09. The second-order valence-corrected chi connectivity index (χ2v) is 5.82. The second kappa shape index (κ2) is 5.28. The first-order chi connectivity index (χ1) is 10.7. The molecule has 2 fully saturated rings. The van der Waals surface area contributed by atoms with Crippen molar-refractivity contribution in [2.24, 2.45) is 5.92 Å². The molecular weight excluding hydrogens is 289 g/mol. The Kier molecular flexibility index (Phi) is 3.25. The summed E-state index contributed by atoms with van der Waals surface area (Å²) >= 11 is 0. The van der Waals surface area contributed by atoms with E-state index in [4.69, 9.17) is 9.15 Å². The number of hydrogen-bond acceptors (Lipinski definition) is 7. The van der Waals surface area contributed by atoms with Gasteiger partial charge in [0.25, 0.3) is 0 Å². The van der Waals surface area contributed by atoms with E-state index < -0.39 is 5.82 Å². The normalized spacial score (nSPS) is 27.4. The summed E-state index contributed by atoms with van der Waals surface area (Å²) in [6, 6.07) is 0. The summed E-state index contributed by atoms with van der Waals surface area (Å²) in [5.74, 6) is 1.77. The van der Waals surface area contributed by atoms with Crippen molar-refractivity contribution in [2.45, 2.75) is 32.0 Å². The lowest BCUT2D eigenvalue weighted by Crippen LogP contribution is -2.26. The predicted molar refractivity (Wildman–Crippen MR) is 73.7 cm³/mol. The van der Waals surface area contributed by atoms with Crippen LogP contribution in [0.5, 0.6) is 0 Å². The molecule has 2 aromatic rings. The van der Waals surface area contributed by atoms with Gasteiger partial charge in [-0.05, 0) is 6.42 Å². The van der Waals surface area contributed by atoms with Crippen LogP contribution < -0.4 is 4.90 Å². The molecule has 3 atom stereocenters. The zero-order valence-corrected chi connectivity index (χ0v) is 12.1. The molecule has 0 aliphatic carbocycles. The van der Waals surface area contributed by atoms with E-state index in [1.807, 2.05) is 4.90 Å². The highest BCUT2D eigenvalue weighted by Gasteiger charge is 2.43. The van der Waals surface area contributed by atoms with Crippen LogP contribution in [0.4, 0.5) is 10.3 Å². The van der Waals surface area contributed by atoms with E-state index in [0.29, 0.717) is 30.1 Å². The van der Waals surface area contributed by atoms with Crippen LogP contribution in [0, 0.1) is 18.7 Å². The first-order valence-corrected chi connectivity index (χ1v) is 7.34. The Morgan fingerprint density at radius 2 is 2.09 bits per heavy atom. The highest BCUT2D eigenvalue weighted by Crippen LogP contribution is 2.35. The van der Waals surface area contributed by atoms with Gasteiger partial charge in [-0.3, -0.25) is 0 Å². The van der Waals surface area contributed by atoms with Gasteiger partial charge in [0.15, 0.2) is 5.82 Å². The van der Waals surface area contributed by atoms with E-state index >= 15 is 0 Å². The van der Waals surface area contributed by atoms with E-state index in [9.17, 15) is 4.39 Å². The number of ether oxygens (including phenoxy) is 1. The average molecular weight is 305 g/mol. The molecule has 2 aromatic heterocycles. The second-order valence-electron chi connectivity index (χ2n) is 5.82. The standard InChI is InChI=1S/C14H16FN5O2/c1-8-18-19-13(21-8)3-11-2-9-6-20(7-12(9)22-11)14-16-4-10(15)5-17-14/h4-5,9,11-12H,2-3,6-7H2,1H3/t9-,11+,12+/m1/s1. The highest BCUT2D eigenvalue weighted by atomic mass is 19.1. The maximum absolute atomic E-state index is 12.9. The summed E-state index contributed by atoms with van der Waals surface area (Å²) in [5, 5.41) is 7.84. The molecule has 2 saturated heterocycles. The van der Waals surface area contributed by atoms with Crippen molar-refractivity contribution in [1.82, 2.24) is 20.2 Å². The van der Waals surface area contributed by atoms with E-state index in [0.717, 1.165) is 19.5 Å². The molecule has 2 aliphatic rings. The fourth-order valence-electron chi connectivity index (χ4n) is 3.24. The molecule has 22 heavy (non-hydrogen) atoms. The van der Waals surface area contributed by atoms with Crippen molar-refractivity contribution in [3.05, 3.63) is 30.0 Å². The van der Waals surface area contributed by atoms with Crippen LogP contribution in [0.1, 0.15) is 18.2 Å². The SMILES string of the molecule is Cc1nnc(C[C@@H]2C[C@@H]3CN(c4ncc(F)cn4)C[C@@H]3O2)o1. The van der Waals surface area contributed by atoms with Crippen LogP contribution in [0.3, 0.4) is 0 Å². The number of rotatable bonds is 3. The van der Waals surface area contributed by atoms with Crippen LogP contribution in [0.15, 0.2) is 16.8 Å². The van der Waals surface area contributed by atoms with Crippen molar-refractivity contribution < 1.29 is 13.5 Å². The summed E-state index contributed by atoms with van der Waals surface area (Å²) in [7, 11) is 0. The van der Waals surface area contributed by atoms with Gasteiger partial charge in [-0.1, -0.05) is 0 Å². The smallest absolute Gasteiger partial charge is 0.225 e. The molecule has 116 valence electrons. The molecule has 8 heteroatoms. The summed E-state index contributed by atoms with van der Waals surface area (Å²) < 4.78 is 24.4. The number of halogens is 1. The quantitative estimate of drug-likeness (QED) is 0.841. The van der Waals surface area contributed by atoms with Crippen molar-refractivity contribution in [3.8, 4) is 0 Å². The van der Waals surface area contributed by atoms with Gasteiger partial charge < -0.3 is 14.1 Å². The third-order valence-electron chi connectivity index (χ3n) is 4.17. The Bertz CT molecular complexity index is 648. The van der Waals surface area contributed by atoms with Gasteiger partial charge in [-0.15, -0.1) is 10.2 Å². The Labute approximate surface area is 126 Å². The minimum absolute atomic E-state index is 0.117. The van der Waals surface area contributed by atoms with Gasteiger partial charge in [-0.25, -0.2) is 14.4 Å². The molecule has 0 N–H and O–H groups in total. The lowest BCUT2D eigenvalue weighted by molar-refractivity contribution is 0.0463. The maximum atomic E-state index is 12.9. The molecule has 0 radical (unpaired) electrons. The lowest BCUT2D eigenvalue weighted by atomic mass is 10.0. The Morgan fingerprint density at radius 3 is 2.77 bits per heavy atom. The van der Waals surface area contributed by atoms with Crippen molar-refractivity contribution >= 4 is 5.95 Å². The number of hydrogen-bond donors (Lipinski definition) is 0. The zero-order chi connectivity index (χ0) is 15.1. The van der Waals surface area contributed by atoms with Crippen molar-refractivity contribution in [3.63, 3.8) is 0 Å². The number of nitrogens with zero attached hydrogens (tertiary/aromatic N) is 5. The highest BCUT2D eigenvalue weighted by molar-refractivity contribution is 5.32. The number of fused-ring (bicyclic) bond motifs is 1. The number of anilines is 1. The van der Waals surface area contributed by atoms with E-state index in [1.165, 1.54) is 12.4 Å². The molecule has 0 aromatic carbocycles. The molecule has 4 heterocycles. The molecule has 0 amide bonds. The van der Waals surface area contributed by atoms with E-state index in [2.05, 4.69) is 20.2 Å². The van der Waals surface area contributed by atoms with Crippen LogP contribution in [-0.4, -0.2) is 45.5 Å². The van der Waals surface area contributed by atoms with Crippen molar-refractivity contribution in [1.29, 1.82) is 0 Å². The lowest BCUT2D eigenvalue weighted by Gasteiger charge is -2.18. The van der Waals surface area contributed by atoms with Crippen LogP contribution in [0.25, 0.3) is 0 Å². The minimum atomic E-state index is -0.422. The largest absolute Gasteiger partial charge is 0.426 e. The summed E-state index contributed by atoms with van der Waals surface area (Å²) in [6.07, 6.45) is 4.26.